The Morgan fingerprint density at radius 2 is 1.74 bits per heavy atom. The molecule has 1 heterocycles. The fraction of sp³-hybridized carbons (Fsp3) is 0.559. The van der Waals surface area contributed by atoms with Gasteiger partial charge in [0.05, 0.1) is 37.5 Å². The molecule has 3 rings (SSSR count). The van der Waals surface area contributed by atoms with Gasteiger partial charge < -0.3 is 45.1 Å². The minimum absolute atomic E-state index is 0.00650. The van der Waals surface area contributed by atoms with E-state index in [-0.39, 0.29) is 54.8 Å². The molecule has 0 spiro atoms. The van der Waals surface area contributed by atoms with E-state index in [0.29, 0.717) is 36.0 Å². The number of rotatable bonds is 8. The number of anilines is 2. The molecule has 0 saturated carbocycles. The van der Waals surface area contributed by atoms with E-state index < -0.39 is 12.1 Å². The minimum Gasteiger partial charge on any atom is -0.497 e. The van der Waals surface area contributed by atoms with Crippen LogP contribution in [0.1, 0.15) is 64.2 Å². The van der Waals surface area contributed by atoms with Gasteiger partial charge in [-0.25, -0.2) is 9.59 Å². The third kappa shape index (κ3) is 10.8. The van der Waals surface area contributed by atoms with Crippen LogP contribution in [-0.4, -0.2) is 97.6 Å². The minimum atomic E-state index is -0.522. The molecule has 2 aromatic rings. The molecule has 1 aliphatic heterocycles. The van der Waals surface area contributed by atoms with Gasteiger partial charge in [0, 0.05) is 50.1 Å². The first-order valence-corrected chi connectivity index (χ1v) is 16.0. The van der Waals surface area contributed by atoms with E-state index in [1.54, 1.807) is 73.3 Å². The number of aliphatic hydroxyl groups is 1. The van der Waals surface area contributed by atoms with Crippen molar-refractivity contribution in [3.8, 4) is 11.5 Å². The molecule has 5 amide bonds. The number of hydrogen-bond acceptors (Lipinski definition) is 7. The molecule has 2 aromatic carbocycles. The molecule has 0 saturated heterocycles. The highest BCUT2D eigenvalue weighted by Gasteiger charge is 2.31. The number of benzene rings is 2. The van der Waals surface area contributed by atoms with Gasteiger partial charge in [0.2, 0.25) is 0 Å². The Kier molecular flexibility index (Phi) is 13.9. The van der Waals surface area contributed by atoms with Gasteiger partial charge in [-0.3, -0.25) is 4.79 Å². The number of nitrogens with zero attached hydrogens (tertiary/aromatic N) is 2. The molecule has 0 unspecified atom stereocenters. The van der Waals surface area contributed by atoms with Crippen molar-refractivity contribution in [3.63, 3.8) is 0 Å². The highest BCUT2D eigenvalue weighted by atomic mass is 16.5. The highest BCUT2D eigenvalue weighted by molar-refractivity contribution is 6.02. The molecule has 4 atom stereocenters. The van der Waals surface area contributed by atoms with Crippen LogP contribution in [0.2, 0.25) is 0 Å². The van der Waals surface area contributed by atoms with Crippen LogP contribution < -0.4 is 25.4 Å². The van der Waals surface area contributed by atoms with Crippen LogP contribution in [0.5, 0.6) is 11.5 Å². The van der Waals surface area contributed by atoms with Gasteiger partial charge in [0.15, 0.2) is 0 Å². The van der Waals surface area contributed by atoms with E-state index in [4.69, 9.17) is 14.2 Å². The van der Waals surface area contributed by atoms with Crippen LogP contribution in [0.3, 0.4) is 0 Å². The van der Waals surface area contributed by atoms with Crippen molar-refractivity contribution in [1.29, 1.82) is 0 Å². The van der Waals surface area contributed by atoms with Gasteiger partial charge in [0.1, 0.15) is 11.5 Å². The van der Waals surface area contributed by atoms with Crippen molar-refractivity contribution >= 4 is 29.3 Å². The maximum absolute atomic E-state index is 14.3. The molecular weight excluding hydrogens is 590 g/mol. The Morgan fingerprint density at radius 3 is 2.39 bits per heavy atom. The number of hydrogen-bond donors (Lipinski definition) is 4. The molecule has 4 N–H and O–H groups in total. The van der Waals surface area contributed by atoms with Crippen molar-refractivity contribution in [3.05, 3.63) is 48.0 Å². The fourth-order valence-corrected chi connectivity index (χ4v) is 5.14. The molecular formula is C34H51N5O7. The zero-order valence-electron chi connectivity index (χ0n) is 28.2. The highest BCUT2D eigenvalue weighted by Crippen LogP contribution is 2.29. The van der Waals surface area contributed by atoms with Crippen LogP contribution in [0.25, 0.3) is 0 Å². The Hall–Kier alpha value is -4.03. The Bertz CT molecular complexity index is 1290. The van der Waals surface area contributed by atoms with Gasteiger partial charge in [-0.2, -0.15) is 0 Å². The predicted molar refractivity (Wildman–Crippen MR) is 179 cm³/mol. The first-order valence-electron chi connectivity index (χ1n) is 16.0. The topological polar surface area (TPSA) is 142 Å². The number of carbonyl (C=O) groups excluding carboxylic acids is 3. The second kappa shape index (κ2) is 17.6. The van der Waals surface area contributed by atoms with Crippen molar-refractivity contribution in [1.82, 2.24) is 15.1 Å². The molecule has 0 aliphatic carbocycles. The van der Waals surface area contributed by atoms with Crippen LogP contribution in [0.4, 0.5) is 21.0 Å². The molecule has 46 heavy (non-hydrogen) atoms. The largest absolute Gasteiger partial charge is 0.497 e. The predicted octanol–water partition coefficient (Wildman–Crippen LogP) is 5.18. The second-order valence-electron chi connectivity index (χ2n) is 12.3. The summed E-state index contributed by atoms with van der Waals surface area (Å²) in [4.78, 5) is 43.0. The van der Waals surface area contributed by atoms with E-state index >= 15 is 0 Å². The van der Waals surface area contributed by atoms with E-state index in [2.05, 4.69) is 16.0 Å². The van der Waals surface area contributed by atoms with Crippen LogP contribution in [-0.2, 0) is 4.74 Å². The molecule has 12 nitrogen and oxygen atoms in total. The summed E-state index contributed by atoms with van der Waals surface area (Å²) >= 11 is 0. The molecule has 0 aromatic heterocycles. The average molecular weight is 642 g/mol. The Morgan fingerprint density at radius 1 is 1.07 bits per heavy atom. The quantitative estimate of drug-likeness (QED) is 0.311. The van der Waals surface area contributed by atoms with Crippen molar-refractivity contribution in [2.75, 3.05) is 51.1 Å². The fourth-order valence-electron chi connectivity index (χ4n) is 5.14. The summed E-state index contributed by atoms with van der Waals surface area (Å²) in [6.45, 7) is 10.4. The van der Waals surface area contributed by atoms with E-state index in [9.17, 15) is 19.5 Å². The number of amides is 5. The first-order chi connectivity index (χ1) is 21.9. The van der Waals surface area contributed by atoms with Gasteiger partial charge in [-0.15, -0.1) is 0 Å². The lowest BCUT2D eigenvalue weighted by molar-refractivity contribution is -0.0122. The Labute approximate surface area is 272 Å². The number of urea groups is 2. The van der Waals surface area contributed by atoms with Crippen LogP contribution >= 0.6 is 0 Å². The molecule has 0 fully saturated rings. The molecule has 12 heteroatoms. The maximum atomic E-state index is 14.3. The summed E-state index contributed by atoms with van der Waals surface area (Å²) < 4.78 is 17.8. The summed E-state index contributed by atoms with van der Waals surface area (Å²) in [6, 6.07) is 10.7. The summed E-state index contributed by atoms with van der Waals surface area (Å²) in [6.07, 6.45) is 1.88. The standard InChI is InChI=1S/C34H51N5O7/c1-22(2)35-34(43)38(6)20-31-23(3)19-39(24(4)21-40)32(41)29-18-27(13-16-30(29)46-25(5)10-8-9-17-45-31)37-33(42)36-26-11-14-28(44-7)15-12-26/h11-16,18,22-25,31,40H,8-10,17,19-21H2,1-7H3,(H,35,43)(H2,36,37,42)/t23-,24+,25-,31-/m1/s1. The average Bonchev–Trinajstić information content (AvgIpc) is 3.02. The monoisotopic (exact) mass is 641 g/mol. The van der Waals surface area contributed by atoms with Crippen LogP contribution in [0.15, 0.2) is 42.5 Å². The maximum Gasteiger partial charge on any atom is 0.323 e. The summed E-state index contributed by atoms with van der Waals surface area (Å²) in [5, 5.41) is 18.7. The number of ether oxygens (including phenoxy) is 3. The second-order valence-corrected chi connectivity index (χ2v) is 12.3. The Balaban J connectivity index is 1.90. The lowest BCUT2D eigenvalue weighted by atomic mass is 10.0. The number of methoxy groups -OCH3 is 1. The lowest BCUT2D eigenvalue weighted by Gasteiger charge is -2.36. The summed E-state index contributed by atoms with van der Waals surface area (Å²) in [5.41, 5.74) is 1.24. The number of carbonyl (C=O) groups is 3. The van der Waals surface area contributed by atoms with Gasteiger partial charge >= 0.3 is 12.1 Å². The number of nitrogens with one attached hydrogen (secondary N) is 3. The van der Waals surface area contributed by atoms with E-state index in [1.165, 1.54) is 0 Å². The smallest absolute Gasteiger partial charge is 0.323 e. The third-order valence-electron chi connectivity index (χ3n) is 7.87. The van der Waals surface area contributed by atoms with Gasteiger partial charge in [0.25, 0.3) is 5.91 Å². The van der Waals surface area contributed by atoms with Crippen molar-refractivity contribution < 1.29 is 33.7 Å². The summed E-state index contributed by atoms with van der Waals surface area (Å²) in [5.74, 6) is 0.533. The third-order valence-corrected chi connectivity index (χ3v) is 7.87. The number of likely N-dealkylation sites (N-methyl/N-ethyl adjacent to an activating group) is 1. The SMILES string of the molecule is COc1ccc(NC(=O)Nc2ccc3c(c2)C(=O)N([C@@H](C)CO)C[C@@H](C)[C@@H](CN(C)C(=O)NC(C)C)OCCCC[C@@H](C)O3)cc1. The summed E-state index contributed by atoms with van der Waals surface area (Å²) in [7, 11) is 3.30. The normalized spacial score (nSPS) is 20.1. The zero-order valence-corrected chi connectivity index (χ0v) is 28.2. The zero-order chi connectivity index (χ0) is 33.8. The van der Waals surface area contributed by atoms with E-state index in [0.717, 1.165) is 19.3 Å². The van der Waals surface area contributed by atoms with Gasteiger partial charge in [-0.1, -0.05) is 6.92 Å². The van der Waals surface area contributed by atoms with Crippen LogP contribution in [0, 0.1) is 5.92 Å². The number of aliphatic hydroxyl groups excluding tert-OH is 1. The molecule has 0 radical (unpaired) electrons. The van der Waals surface area contributed by atoms with Crippen molar-refractivity contribution in [2.24, 2.45) is 5.92 Å². The lowest BCUT2D eigenvalue weighted by Crippen LogP contribution is -2.49. The molecule has 1 aliphatic rings. The van der Waals surface area contributed by atoms with Crippen molar-refractivity contribution in [2.45, 2.75) is 78.2 Å². The van der Waals surface area contributed by atoms with E-state index in [1.807, 2.05) is 27.7 Å². The van der Waals surface area contributed by atoms with Gasteiger partial charge in [-0.05, 0) is 89.4 Å². The first kappa shape index (κ1) is 36.4. The number of fused-ring (bicyclic) bond motifs is 1. The molecule has 254 valence electrons. The molecule has 0 bridgehead atoms.